The van der Waals surface area contributed by atoms with Gasteiger partial charge in [0.05, 0.1) is 0 Å². The van der Waals surface area contributed by atoms with Crippen LogP contribution in [0.15, 0.2) is 6.07 Å². The summed E-state index contributed by atoms with van der Waals surface area (Å²) in [5.41, 5.74) is 0.843. The molecule has 1 aliphatic heterocycles. The van der Waals surface area contributed by atoms with Crippen molar-refractivity contribution in [3.05, 3.63) is 17.5 Å². The SMILES string of the molecule is CC(C)N1CCCn2nc(C(=O)N(C)C)cc2C1=O. The molecule has 0 bridgehead atoms. The lowest BCUT2D eigenvalue weighted by Gasteiger charge is -2.24. The third-order valence-electron chi connectivity index (χ3n) is 3.28. The molecule has 0 fully saturated rings. The predicted molar refractivity (Wildman–Crippen MR) is 71.0 cm³/mol. The van der Waals surface area contributed by atoms with Crippen LogP contribution < -0.4 is 0 Å². The molecule has 2 rings (SSSR count). The zero-order chi connectivity index (χ0) is 14.2. The van der Waals surface area contributed by atoms with Gasteiger partial charge in [0.15, 0.2) is 5.69 Å². The summed E-state index contributed by atoms with van der Waals surface area (Å²) in [5.74, 6) is -0.220. The number of hydrogen-bond acceptors (Lipinski definition) is 3. The first kappa shape index (κ1) is 13.6. The number of amides is 2. The molecule has 1 aromatic rings. The van der Waals surface area contributed by atoms with Gasteiger partial charge in [-0.25, -0.2) is 0 Å². The number of aromatic nitrogens is 2. The fourth-order valence-electron chi connectivity index (χ4n) is 2.23. The van der Waals surface area contributed by atoms with E-state index in [-0.39, 0.29) is 17.9 Å². The Bertz CT molecular complexity index is 505. The molecular formula is C13H20N4O2. The van der Waals surface area contributed by atoms with E-state index in [1.807, 2.05) is 18.7 Å². The fourth-order valence-corrected chi connectivity index (χ4v) is 2.23. The van der Waals surface area contributed by atoms with Crippen molar-refractivity contribution in [1.29, 1.82) is 0 Å². The van der Waals surface area contributed by atoms with Gasteiger partial charge >= 0.3 is 0 Å². The van der Waals surface area contributed by atoms with E-state index in [2.05, 4.69) is 5.10 Å². The van der Waals surface area contributed by atoms with Crippen molar-refractivity contribution in [3.8, 4) is 0 Å². The van der Waals surface area contributed by atoms with Gasteiger partial charge in [-0.05, 0) is 20.3 Å². The maximum Gasteiger partial charge on any atom is 0.273 e. The highest BCUT2D eigenvalue weighted by Crippen LogP contribution is 2.16. The van der Waals surface area contributed by atoms with Gasteiger partial charge in [0, 0.05) is 39.3 Å². The maximum atomic E-state index is 12.4. The second-order valence-corrected chi connectivity index (χ2v) is 5.28. The minimum absolute atomic E-state index is 0.0437. The monoisotopic (exact) mass is 264 g/mol. The van der Waals surface area contributed by atoms with Gasteiger partial charge in [0.2, 0.25) is 0 Å². The molecule has 6 nitrogen and oxygen atoms in total. The van der Waals surface area contributed by atoms with Crippen LogP contribution >= 0.6 is 0 Å². The fraction of sp³-hybridized carbons (Fsp3) is 0.615. The first-order valence-electron chi connectivity index (χ1n) is 6.52. The maximum absolute atomic E-state index is 12.4. The van der Waals surface area contributed by atoms with Crippen LogP contribution in [-0.2, 0) is 6.54 Å². The molecular weight excluding hydrogens is 244 g/mol. The average Bonchev–Trinajstić information content (AvgIpc) is 2.70. The molecule has 1 aromatic heterocycles. The number of hydrogen-bond donors (Lipinski definition) is 0. The Kier molecular flexibility index (Phi) is 3.59. The number of rotatable bonds is 2. The predicted octanol–water partition coefficient (Wildman–Crippen LogP) is 0.839. The Labute approximate surface area is 113 Å². The van der Waals surface area contributed by atoms with Crippen LogP contribution in [0.1, 0.15) is 41.2 Å². The van der Waals surface area contributed by atoms with Crippen molar-refractivity contribution in [1.82, 2.24) is 19.6 Å². The van der Waals surface area contributed by atoms with Gasteiger partial charge in [0.1, 0.15) is 5.69 Å². The summed E-state index contributed by atoms with van der Waals surface area (Å²) in [5, 5.41) is 4.25. The zero-order valence-electron chi connectivity index (χ0n) is 11.9. The number of carbonyl (C=O) groups is 2. The van der Waals surface area contributed by atoms with Gasteiger partial charge in [-0.1, -0.05) is 0 Å². The lowest BCUT2D eigenvalue weighted by atomic mass is 10.2. The van der Waals surface area contributed by atoms with Crippen molar-refractivity contribution in [2.24, 2.45) is 0 Å². The first-order valence-corrected chi connectivity index (χ1v) is 6.52. The summed E-state index contributed by atoms with van der Waals surface area (Å²) >= 11 is 0. The van der Waals surface area contributed by atoms with Crippen LogP contribution in [0.25, 0.3) is 0 Å². The number of nitrogens with zero attached hydrogens (tertiary/aromatic N) is 4. The Balaban J connectivity index is 2.37. The second-order valence-electron chi connectivity index (χ2n) is 5.28. The van der Waals surface area contributed by atoms with Gasteiger partial charge < -0.3 is 9.80 Å². The standard InChI is InChI=1S/C13H20N4O2/c1-9(2)16-6-5-7-17-11(13(16)19)8-10(14-17)12(18)15(3)4/h8-9H,5-7H2,1-4H3. The molecule has 2 amide bonds. The Morgan fingerprint density at radius 1 is 1.37 bits per heavy atom. The van der Waals surface area contributed by atoms with E-state index in [9.17, 15) is 9.59 Å². The van der Waals surface area contributed by atoms with Crippen LogP contribution in [-0.4, -0.2) is 58.1 Å². The van der Waals surface area contributed by atoms with Crippen LogP contribution in [0.3, 0.4) is 0 Å². The summed E-state index contributed by atoms with van der Waals surface area (Å²) in [4.78, 5) is 27.6. The first-order chi connectivity index (χ1) is 8.91. The molecule has 0 saturated carbocycles. The highest BCUT2D eigenvalue weighted by Gasteiger charge is 2.27. The van der Waals surface area contributed by atoms with Crippen LogP contribution in [0.2, 0.25) is 0 Å². The molecule has 1 aliphatic rings. The van der Waals surface area contributed by atoms with Gasteiger partial charge in [-0.3, -0.25) is 14.3 Å². The minimum Gasteiger partial charge on any atom is -0.343 e. The third kappa shape index (κ3) is 2.47. The topological polar surface area (TPSA) is 58.4 Å². The normalized spacial score (nSPS) is 15.4. The van der Waals surface area contributed by atoms with E-state index >= 15 is 0 Å². The summed E-state index contributed by atoms with van der Waals surface area (Å²) in [6, 6.07) is 1.76. The molecule has 19 heavy (non-hydrogen) atoms. The quantitative estimate of drug-likeness (QED) is 0.795. The average molecular weight is 264 g/mol. The summed E-state index contributed by atoms with van der Waals surface area (Å²) in [6.07, 6.45) is 0.855. The van der Waals surface area contributed by atoms with Crippen molar-refractivity contribution in [2.45, 2.75) is 32.9 Å². The highest BCUT2D eigenvalue weighted by molar-refractivity contribution is 5.98. The molecule has 0 aliphatic carbocycles. The van der Waals surface area contributed by atoms with E-state index in [0.717, 1.165) is 13.0 Å². The summed E-state index contributed by atoms with van der Waals surface area (Å²) < 4.78 is 1.65. The number of fused-ring (bicyclic) bond motifs is 1. The molecule has 0 saturated heterocycles. The Morgan fingerprint density at radius 3 is 2.63 bits per heavy atom. The second kappa shape index (κ2) is 5.03. The van der Waals surface area contributed by atoms with Gasteiger partial charge in [-0.2, -0.15) is 5.10 Å². The molecule has 0 atom stereocenters. The molecule has 6 heteroatoms. The van der Waals surface area contributed by atoms with Crippen molar-refractivity contribution in [2.75, 3.05) is 20.6 Å². The van der Waals surface area contributed by atoms with Gasteiger partial charge in [-0.15, -0.1) is 0 Å². The molecule has 0 aromatic carbocycles. The molecule has 0 spiro atoms. The highest BCUT2D eigenvalue weighted by atomic mass is 16.2. The van der Waals surface area contributed by atoms with Crippen molar-refractivity contribution in [3.63, 3.8) is 0 Å². The largest absolute Gasteiger partial charge is 0.343 e. The lowest BCUT2D eigenvalue weighted by molar-refractivity contribution is 0.0709. The van der Waals surface area contributed by atoms with E-state index in [1.54, 1.807) is 24.8 Å². The van der Waals surface area contributed by atoms with E-state index in [4.69, 9.17) is 0 Å². The number of aryl methyl sites for hydroxylation is 1. The molecule has 0 unspecified atom stereocenters. The minimum atomic E-state index is -0.176. The van der Waals surface area contributed by atoms with Gasteiger partial charge in [0.25, 0.3) is 11.8 Å². The van der Waals surface area contributed by atoms with E-state index < -0.39 is 0 Å². The summed E-state index contributed by atoms with van der Waals surface area (Å²) in [6.45, 7) is 5.40. The molecule has 2 heterocycles. The lowest BCUT2D eigenvalue weighted by Crippen LogP contribution is -2.36. The Hall–Kier alpha value is -1.85. The van der Waals surface area contributed by atoms with Crippen LogP contribution in [0.5, 0.6) is 0 Å². The Morgan fingerprint density at radius 2 is 2.05 bits per heavy atom. The van der Waals surface area contributed by atoms with Crippen LogP contribution in [0, 0.1) is 0 Å². The molecule has 0 N–H and O–H groups in total. The van der Waals surface area contributed by atoms with Crippen molar-refractivity contribution >= 4 is 11.8 Å². The third-order valence-corrected chi connectivity index (χ3v) is 3.28. The smallest absolute Gasteiger partial charge is 0.273 e. The number of carbonyl (C=O) groups excluding carboxylic acids is 2. The van der Waals surface area contributed by atoms with Crippen molar-refractivity contribution < 1.29 is 9.59 Å². The molecule has 0 radical (unpaired) electrons. The van der Waals surface area contributed by atoms with E-state index in [0.29, 0.717) is 17.9 Å². The zero-order valence-corrected chi connectivity index (χ0v) is 11.9. The van der Waals surface area contributed by atoms with Crippen LogP contribution in [0.4, 0.5) is 0 Å². The summed E-state index contributed by atoms with van der Waals surface area (Å²) in [7, 11) is 3.35. The van der Waals surface area contributed by atoms with E-state index in [1.165, 1.54) is 4.90 Å². The molecule has 104 valence electrons.